The predicted octanol–water partition coefficient (Wildman–Crippen LogP) is 0.0477. The van der Waals surface area contributed by atoms with Gasteiger partial charge in [-0.25, -0.2) is 9.59 Å². The number of methoxy groups -OCH3 is 2. The van der Waals surface area contributed by atoms with Gasteiger partial charge in [-0.2, -0.15) is 0 Å². The van der Waals surface area contributed by atoms with Gasteiger partial charge in [0.2, 0.25) is 0 Å². The first kappa shape index (κ1) is 10.7. The number of esters is 2. The molecule has 1 aliphatic rings. The maximum absolute atomic E-state index is 11.2. The quantitative estimate of drug-likeness (QED) is 0.364. The maximum Gasteiger partial charge on any atom is 0.334 e. The first-order valence-electron chi connectivity index (χ1n) is 4.15. The van der Waals surface area contributed by atoms with Gasteiger partial charge in [0, 0.05) is 18.1 Å². The van der Waals surface area contributed by atoms with Crippen molar-refractivity contribution < 1.29 is 23.8 Å². The zero-order valence-corrected chi connectivity index (χ0v) is 8.11. The molecule has 0 aromatic carbocycles. The first-order chi connectivity index (χ1) is 6.67. The van der Waals surface area contributed by atoms with Crippen LogP contribution in [-0.4, -0.2) is 38.9 Å². The highest BCUT2D eigenvalue weighted by Gasteiger charge is 2.27. The lowest BCUT2D eigenvalue weighted by Crippen LogP contribution is -2.10. The third kappa shape index (κ3) is 3.18. The van der Waals surface area contributed by atoms with Gasteiger partial charge in [-0.3, -0.25) is 0 Å². The van der Waals surface area contributed by atoms with Crippen LogP contribution in [-0.2, 0) is 23.8 Å². The Morgan fingerprint density at radius 3 is 2.50 bits per heavy atom. The van der Waals surface area contributed by atoms with E-state index in [9.17, 15) is 9.59 Å². The molecule has 0 aromatic rings. The van der Waals surface area contributed by atoms with Crippen molar-refractivity contribution in [2.75, 3.05) is 20.8 Å². The SMILES string of the molecule is COC(=O)/C=C(\CC1CO1)C(=O)OC. The van der Waals surface area contributed by atoms with E-state index in [0.717, 1.165) is 6.08 Å². The van der Waals surface area contributed by atoms with Gasteiger partial charge in [-0.1, -0.05) is 0 Å². The van der Waals surface area contributed by atoms with Crippen molar-refractivity contribution in [3.05, 3.63) is 11.6 Å². The van der Waals surface area contributed by atoms with E-state index in [2.05, 4.69) is 9.47 Å². The van der Waals surface area contributed by atoms with E-state index < -0.39 is 11.9 Å². The molecule has 1 heterocycles. The van der Waals surface area contributed by atoms with Crippen LogP contribution < -0.4 is 0 Å². The smallest absolute Gasteiger partial charge is 0.334 e. The minimum atomic E-state index is -0.564. The molecule has 0 N–H and O–H groups in total. The summed E-state index contributed by atoms with van der Waals surface area (Å²) in [6, 6.07) is 0. The lowest BCUT2D eigenvalue weighted by atomic mass is 10.1. The van der Waals surface area contributed by atoms with Crippen LogP contribution in [0.1, 0.15) is 6.42 Å². The topological polar surface area (TPSA) is 65.1 Å². The van der Waals surface area contributed by atoms with Crippen molar-refractivity contribution in [1.82, 2.24) is 0 Å². The summed E-state index contributed by atoms with van der Waals surface area (Å²) in [5.74, 6) is -1.09. The number of carbonyl (C=O) groups is 2. The number of carbonyl (C=O) groups excluding carboxylic acids is 2. The fourth-order valence-corrected chi connectivity index (χ4v) is 0.965. The normalized spacial score (nSPS) is 20.1. The second-order valence-electron chi connectivity index (χ2n) is 2.84. The summed E-state index contributed by atoms with van der Waals surface area (Å²) >= 11 is 0. The van der Waals surface area contributed by atoms with Crippen LogP contribution in [0.2, 0.25) is 0 Å². The Kier molecular flexibility index (Phi) is 3.64. The highest BCUT2D eigenvalue weighted by molar-refractivity contribution is 5.96. The predicted molar refractivity (Wildman–Crippen MR) is 46.5 cm³/mol. The third-order valence-corrected chi connectivity index (χ3v) is 1.79. The van der Waals surface area contributed by atoms with Gasteiger partial charge in [0.05, 0.1) is 26.9 Å². The fraction of sp³-hybridized carbons (Fsp3) is 0.556. The summed E-state index contributed by atoms with van der Waals surface area (Å²) in [6.45, 7) is 0.621. The van der Waals surface area contributed by atoms with E-state index in [-0.39, 0.29) is 11.7 Å². The maximum atomic E-state index is 11.2. The fourth-order valence-electron chi connectivity index (χ4n) is 0.965. The zero-order valence-electron chi connectivity index (χ0n) is 8.11. The second kappa shape index (κ2) is 4.76. The molecule has 0 spiro atoms. The number of hydrogen-bond acceptors (Lipinski definition) is 5. The van der Waals surface area contributed by atoms with Gasteiger partial charge < -0.3 is 14.2 Å². The monoisotopic (exact) mass is 200 g/mol. The summed E-state index contributed by atoms with van der Waals surface area (Å²) in [4.78, 5) is 22.1. The number of hydrogen-bond donors (Lipinski definition) is 0. The number of ether oxygens (including phenoxy) is 3. The van der Waals surface area contributed by atoms with Crippen LogP contribution in [0.15, 0.2) is 11.6 Å². The van der Waals surface area contributed by atoms with Gasteiger partial charge in [-0.15, -0.1) is 0 Å². The molecule has 14 heavy (non-hydrogen) atoms. The molecule has 0 amide bonds. The second-order valence-corrected chi connectivity index (χ2v) is 2.84. The molecule has 0 bridgehead atoms. The zero-order chi connectivity index (χ0) is 10.6. The van der Waals surface area contributed by atoms with Crippen LogP contribution in [0.3, 0.4) is 0 Å². The highest BCUT2D eigenvalue weighted by atomic mass is 16.6. The average molecular weight is 200 g/mol. The van der Waals surface area contributed by atoms with Crippen molar-refractivity contribution in [1.29, 1.82) is 0 Å². The average Bonchev–Trinajstić information content (AvgIpc) is 2.99. The standard InChI is InChI=1S/C9H12O5/c1-12-8(10)4-6(9(11)13-2)3-7-5-14-7/h4,7H,3,5H2,1-2H3/b6-4+. The molecule has 0 aliphatic carbocycles. The highest BCUT2D eigenvalue weighted by Crippen LogP contribution is 2.19. The van der Waals surface area contributed by atoms with Gasteiger partial charge >= 0.3 is 11.9 Å². The Labute approximate surface area is 81.6 Å². The van der Waals surface area contributed by atoms with E-state index >= 15 is 0 Å². The molecular formula is C9H12O5. The molecule has 1 rings (SSSR count). The molecule has 5 nitrogen and oxygen atoms in total. The third-order valence-electron chi connectivity index (χ3n) is 1.79. The first-order valence-corrected chi connectivity index (χ1v) is 4.15. The molecule has 1 aliphatic heterocycles. The molecule has 0 saturated carbocycles. The van der Waals surface area contributed by atoms with Crippen LogP contribution >= 0.6 is 0 Å². The minimum Gasteiger partial charge on any atom is -0.466 e. The Balaban J connectivity index is 2.63. The van der Waals surface area contributed by atoms with Crippen molar-refractivity contribution in [3.63, 3.8) is 0 Å². The summed E-state index contributed by atoms with van der Waals surface area (Å²) in [5, 5.41) is 0. The summed E-state index contributed by atoms with van der Waals surface area (Å²) < 4.78 is 13.9. The van der Waals surface area contributed by atoms with Crippen LogP contribution in [0.25, 0.3) is 0 Å². The Hall–Kier alpha value is -1.36. The largest absolute Gasteiger partial charge is 0.466 e. The summed E-state index contributed by atoms with van der Waals surface area (Å²) in [7, 11) is 2.52. The molecule has 1 atom stereocenters. The van der Waals surface area contributed by atoms with Crippen LogP contribution in [0.4, 0.5) is 0 Å². The molecule has 0 aromatic heterocycles. The summed E-state index contributed by atoms with van der Waals surface area (Å²) in [6.07, 6.45) is 1.56. The molecular weight excluding hydrogens is 188 g/mol. The molecule has 1 saturated heterocycles. The van der Waals surface area contributed by atoms with E-state index in [1.54, 1.807) is 0 Å². The molecule has 5 heteroatoms. The van der Waals surface area contributed by atoms with E-state index in [1.165, 1.54) is 14.2 Å². The lowest BCUT2D eigenvalue weighted by molar-refractivity contribution is -0.138. The van der Waals surface area contributed by atoms with Gasteiger partial charge in [0.15, 0.2) is 0 Å². The van der Waals surface area contributed by atoms with E-state index in [1.807, 2.05) is 0 Å². The molecule has 0 radical (unpaired) electrons. The lowest BCUT2D eigenvalue weighted by Gasteiger charge is -2.02. The number of epoxide rings is 1. The summed E-state index contributed by atoms with van der Waals surface area (Å²) in [5.41, 5.74) is 0.279. The van der Waals surface area contributed by atoms with E-state index in [4.69, 9.17) is 4.74 Å². The van der Waals surface area contributed by atoms with Gasteiger partial charge in [0.25, 0.3) is 0 Å². The molecule has 78 valence electrons. The Morgan fingerprint density at radius 2 is 2.07 bits per heavy atom. The van der Waals surface area contributed by atoms with Gasteiger partial charge in [0.1, 0.15) is 0 Å². The van der Waals surface area contributed by atoms with E-state index in [0.29, 0.717) is 13.0 Å². The Bertz CT molecular complexity index is 264. The van der Waals surface area contributed by atoms with Crippen LogP contribution in [0, 0.1) is 0 Å². The molecule has 1 fully saturated rings. The van der Waals surface area contributed by atoms with Crippen molar-refractivity contribution >= 4 is 11.9 Å². The Morgan fingerprint density at radius 1 is 1.43 bits per heavy atom. The van der Waals surface area contributed by atoms with Crippen molar-refractivity contribution in [3.8, 4) is 0 Å². The van der Waals surface area contributed by atoms with Crippen molar-refractivity contribution in [2.45, 2.75) is 12.5 Å². The molecule has 1 unspecified atom stereocenters. The van der Waals surface area contributed by atoms with Gasteiger partial charge in [-0.05, 0) is 0 Å². The van der Waals surface area contributed by atoms with Crippen molar-refractivity contribution in [2.24, 2.45) is 0 Å². The number of rotatable bonds is 4. The van der Waals surface area contributed by atoms with Crippen LogP contribution in [0.5, 0.6) is 0 Å². The minimum absolute atomic E-state index is 0.0324.